The molecule has 0 spiro atoms. The van der Waals surface area contributed by atoms with Crippen molar-refractivity contribution < 1.29 is 4.79 Å². The Morgan fingerprint density at radius 2 is 1.18 bits per heavy atom. The molecule has 1 N–H and O–H groups in total. The van der Waals surface area contributed by atoms with Gasteiger partial charge in [-0.05, 0) is 148 Å². The second-order valence-electron chi connectivity index (χ2n) is 17.0. The van der Waals surface area contributed by atoms with E-state index in [1.165, 1.54) is 83.1 Å². The fourth-order valence-corrected chi connectivity index (χ4v) is 8.53. The van der Waals surface area contributed by atoms with Gasteiger partial charge in [0.1, 0.15) is 0 Å². The zero-order valence-electron chi connectivity index (χ0n) is 32.8. The molecule has 4 aromatic rings. The number of benzene rings is 4. The van der Waals surface area contributed by atoms with Crippen LogP contribution in [0.4, 0.5) is 0 Å². The molecule has 1 atom stereocenters. The standard InChI is InChI=1S/C45H69N3O/c1-10-13-29-47(30-14-11-2)31-15-16-32-48(45(9,28-12-3)42(49)46-44(7,8)34-43(4,5)6)33-18-21-35-22-23-38-25-24-36-19-17-20-37-26-27-39(35)41(38)40(36)37/h17,19-20,22-27H,10-16,18,21,28-34H2,1-9H3,(H,46,49). The highest BCUT2D eigenvalue weighted by molar-refractivity contribution is 6.23. The van der Waals surface area contributed by atoms with E-state index in [1.807, 2.05) is 0 Å². The Balaban J connectivity index is 1.55. The molecular weight excluding hydrogens is 599 g/mol. The van der Waals surface area contributed by atoms with Crippen LogP contribution in [0.15, 0.2) is 54.6 Å². The van der Waals surface area contributed by atoms with Gasteiger partial charge in [0.2, 0.25) is 5.91 Å². The summed E-state index contributed by atoms with van der Waals surface area (Å²) < 4.78 is 0. The molecule has 0 fully saturated rings. The fourth-order valence-electron chi connectivity index (χ4n) is 8.53. The number of unbranched alkanes of at least 4 members (excludes halogenated alkanes) is 3. The van der Waals surface area contributed by atoms with Crippen LogP contribution in [-0.4, -0.2) is 59.5 Å². The zero-order valence-corrected chi connectivity index (χ0v) is 32.8. The Bertz CT molecular complexity index is 1580. The fraction of sp³-hybridized carbons (Fsp3) is 0.622. The minimum atomic E-state index is -0.545. The van der Waals surface area contributed by atoms with Crippen molar-refractivity contribution >= 4 is 38.2 Å². The van der Waals surface area contributed by atoms with E-state index in [2.05, 4.69) is 132 Å². The minimum Gasteiger partial charge on any atom is -0.350 e. The summed E-state index contributed by atoms with van der Waals surface area (Å²) in [6, 6.07) is 20.5. The lowest BCUT2D eigenvalue weighted by Gasteiger charge is -2.43. The van der Waals surface area contributed by atoms with Crippen molar-refractivity contribution in [1.82, 2.24) is 15.1 Å². The summed E-state index contributed by atoms with van der Waals surface area (Å²) in [7, 11) is 0. The number of carbonyl (C=O) groups excluding carboxylic acids is 1. The molecule has 4 rings (SSSR count). The third-order valence-electron chi connectivity index (χ3n) is 10.6. The molecule has 0 heterocycles. The summed E-state index contributed by atoms with van der Waals surface area (Å²) in [5, 5.41) is 11.7. The molecule has 49 heavy (non-hydrogen) atoms. The first-order chi connectivity index (χ1) is 23.3. The van der Waals surface area contributed by atoms with E-state index in [1.54, 1.807) is 0 Å². The topological polar surface area (TPSA) is 35.6 Å². The van der Waals surface area contributed by atoms with E-state index in [-0.39, 0.29) is 16.9 Å². The van der Waals surface area contributed by atoms with Crippen LogP contribution in [0.5, 0.6) is 0 Å². The molecule has 4 nitrogen and oxygen atoms in total. The highest BCUT2D eigenvalue weighted by Crippen LogP contribution is 2.36. The zero-order chi connectivity index (χ0) is 35.7. The molecule has 0 aliphatic carbocycles. The van der Waals surface area contributed by atoms with Gasteiger partial charge in [0.25, 0.3) is 0 Å². The number of carbonyl (C=O) groups is 1. The smallest absolute Gasteiger partial charge is 0.240 e. The van der Waals surface area contributed by atoms with Gasteiger partial charge in [-0.15, -0.1) is 0 Å². The molecule has 0 saturated heterocycles. The van der Waals surface area contributed by atoms with Gasteiger partial charge in [-0.1, -0.05) is 115 Å². The molecule has 0 aliphatic rings. The van der Waals surface area contributed by atoms with Crippen molar-refractivity contribution in [2.24, 2.45) is 5.41 Å². The van der Waals surface area contributed by atoms with Gasteiger partial charge in [0.15, 0.2) is 0 Å². The van der Waals surface area contributed by atoms with Gasteiger partial charge < -0.3 is 10.2 Å². The second kappa shape index (κ2) is 17.5. The summed E-state index contributed by atoms with van der Waals surface area (Å²) in [6.45, 7) is 25.7. The van der Waals surface area contributed by atoms with Crippen LogP contribution < -0.4 is 5.32 Å². The first kappa shape index (κ1) is 39.1. The maximum absolute atomic E-state index is 14.4. The molecule has 0 radical (unpaired) electrons. The average molecular weight is 668 g/mol. The third kappa shape index (κ3) is 10.4. The third-order valence-corrected chi connectivity index (χ3v) is 10.6. The number of hydrogen-bond donors (Lipinski definition) is 1. The quantitative estimate of drug-likeness (QED) is 0.0709. The molecule has 1 amide bonds. The molecule has 0 aromatic heterocycles. The predicted molar refractivity (Wildman–Crippen MR) is 215 cm³/mol. The minimum absolute atomic E-state index is 0.139. The van der Waals surface area contributed by atoms with Crippen molar-refractivity contribution in [3.63, 3.8) is 0 Å². The van der Waals surface area contributed by atoms with Gasteiger partial charge in [0.05, 0.1) is 5.54 Å². The van der Waals surface area contributed by atoms with E-state index in [9.17, 15) is 4.79 Å². The van der Waals surface area contributed by atoms with Crippen LogP contribution in [0.25, 0.3) is 32.3 Å². The number of rotatable bonds is 21. The van der Waals surface area contributed by atoms with Crippen molar-refractivity contribution in [2.45, 2.75) is 144 Å². The van der Waals surface area contributed by atoms with Gasteiger partial charge >= 0.3 is 0 Å². The van der Waals surface area contributed by atoms with E-state index in [0.29, 0.717) is 0 Å². The number of hydrogen-bond acceptors (Lipinski definition) is 3. The normalized spacial score (nSPS) is 14.1. The molecule has 1 unspecified atom stereocenters. The Morgan fingerprint density at radius 3 is 1.80 bits per heavy atom. The van der Waals surface area contributed by atoms with E-state index < -0.39 is 5.54 Å². The Morgan fingerprint density at radius 1 is 0.633 bits per heavy atom. The van der Waals surface area contributed by atoms with Crippen LogP contribution in [0.1, 0.15) is 132 Å². The lowest BCUT2D eigenvalue weighted by Crippen LogP contribution is -2.61. The summed E-state index contributed by atoms with van der Waals surface area (Å²) in [5.74, 6) is 0.193. The lowest BCUT2D eigenvalue weighted by molar-refractivity contribution is -0.135. The Labute approximate surface area is 299 Å². The van der Waals surface area contributed by atoms with Crippen LogP contribution in [0, 0.1) is 5.41 Å². The van der Waals surface area contributed by atoms with Crippen molar-refractivity contribution in [1.29, 1.82) is 0 Å². The Kier molecular flexibility index (Phi) is 14.0. The van der Waals surface area contributed by atoms with Crippen molar-refractivity contribution in [3.8, 4) is 0 Å². The van der Waals surface area contributed by atoms with Gasteiger partial charge in [-0.25, -0.2) is 0 Å². The summed E-state index contributed by atoms with van der Waals surface area (Å²) in [4.78, 5) is 19.7. The molecule has 0 saturated carbocycles. The number of amides is 1. The molecular formula is C45H69N3O. The molecule has 0 aliphatic heterocycles. The van der Waals surface area contributed by atoms with Gasteiger partial charge in [0, 0.05) is 5.54 Å². The number of nitrogens with one attached hydrogen (secondary N) is 1. The largest absolute Gasteiger partial charge is 0.350 e. The van der Waals surface area contributed by atoms with Crippen molar-refractivity contribution in [2.75, 3.05) is 32.7 Å². The number of aryl methyl sites for hydroxylation is 1. The average Bonchev–Trinajstić information content (AvgIpc) is 3.04. The monoisotopic (exact) mass is 668 g/mol. The molecule has 270 valence electrons. The second-order valence-corrected chi connectivity index (χ2v) is 17.0. The van der Waals surface area contributed by atoms with Gasteiger partial charge in [-0.2, -0.15) is 0 Å². The van der Waals surface area contributed by atoms with Crippen LogP contribution >= 0.6 is 0 Å². The maximum atomic E-state index is 14.4. The summed E-state index contributed by atoms with van der Waals surface area (Å²) in [6.07, 6.45) is 12.2. The van der Waals surface area contributed by atoms with Crippen LogP contribution in [0.2, 0.25) is 0 Å². The molecule has 4 heteroatoms. The summed E-state index contributed by atoms with van der Waals surface area (Å²) in [5.41, 5.74) is 0.744. The first-order valence-corrected chi connectivity index (χ1v) is 19.8. The van der Waals surface area contributed by atoms with Gasteiger partial charge in [-0.3, -0.25) is 9.69 Å². The van der Waals surface area contributed by atoms with Crippen LogP contribution in [-0.2, 0) is 11.2 Å². The molecule has 4 aromatic carbocycles. The van der Waals surface area contributed by atoms with E-state index >= 15 is 0 Å². The maximum Gasteiger partial charge on any atom is 0.240 e. The summed E-state index contributed by atoms with van der Waals surface area (Å²) >= 11 is 0. The highest BCUT2D eigenvalue weighted by atomic mass is 16.2. The Hall–Kier alpha value is -2.69. The van der Waals surface area contributed by atoms with E-state index in [4.69, 9.17) is 0 Å². The van der Waals surface area contributed by atoms with E-state index in [0.717, 1.165) is 58.2 Å². The predicted octanol–water partition coefficient (Wildman–Crippen LogP) is 11.4. The lowest BCUT2D eigenvalue weighted by atomic mass is 9.81. The number of nitrogens with zero attached hydrogens (tertiary/aromatic N) is 2. The SMILES string of the molecule is CCCCN(CCCC)CCCCN(CCCc1ccc2ccc3cccc4ccc1c2c34)C(C)(CCC)C(=O)NC(C)(C)CC(C)(C)C. The highest BCUT2D eigenvalue weighted by Gasteiger charge is 2.41. The van der Waals surface area contributed by atoms with Crippen LogP contribution in [0.3, 0.4) is 0 Å². The van der Waals surface area contributed by atoms with Crippen molar-refractivity contribution in [3.05, 3.63) is 60.2 Å². The first-order valence-electron chi connectivity index (χ1n) is 19.8. The molecule has 0 bridgehead atoms.